The lowest BCUT2D eigenvalue weighted by Crippen LogP contribution is -2.30. The molecule has 0 heterocycles. The van der Waals surface area contributed by atoms with Crippen LogP contribution in [-0.4, -0.2) is 31.3 Å². The van der Waals surface area contributed by atoms with Gasteiger partial charge in [-0.1, -0.05) is 24.3 Å². The molecule has 116 valence electrons. The molecule has 0 aliphatic rings. The number of ether oxygens (including phenoxy) is 1. The highest BCUT2D eigenvalue weighted by atomic mass is 32.2. The summed E-state index contributed by atoms with van der Waals surface area (Å²) in [4.78, 5) is 15.1. The maximum Gasteiger partial charge on any atom is 0.321 e. The molecule has 4 nitrogen and oxygen atoms in total. The fourth-order valence-electron chi connectivity index (χ4n) is 2.04. The predicted molar refractivity (Wildman–Crippen MR) is 91.7 cm³/mol. The quantitative estimate of drug-likeness (QED) is 0.845. The number of urea groups is 1. The summed E-state index contributed by atoms with van der Waals surface area (Å²) in [6, 6.07) is 15.4. The van der Waals surface area contributed by atoms with Gasteiger partial charge in [-0.3, -0.25) is 0 Å². The minimum atomic E-state index is -0.168. The van der Waals surface area contributed by atoms with Gasteiger partial charge in [0.25, 0.3) is 0 Å². The molecular formula is C17H20N2O2S. The molecule has 0 aliphatic carbocycles. The minimum absolute atomic E-state index is 0.168. The van der Waals surface area contributed by atoms with Gasteiger partial charge >= 0.3 is 6.03 Å². The van der Waals surface area contributed by atoms with Gasteiger partial charge in [0, 0.05) is 18.5 Å². The molecule has 0 bridgehead atoms. The summed E-state index contributed by atoms with van der Waals surface area (Å²) >= 11 is 1.70. The lowest BCUT2D eigenvalue weighted by molar-refractivity contribution is 0.220. The Morgan fingerprint density at radius 1 is 1.18 bits per heavy atom. The van der Waals surface area contributed by atoms with Crippen molar-refractivity contribution in [1.82, 2.24) is 4.90 Å². The first-order valence-electron chi connectivity index (χ1n) is 6.92. The third-order valence-electron chi connectivity index (χ3n) is 3.27. The third-order valence-corrected chi connectivity index (χ3v) is 4.02. The molecule has 0 aliphatic heterocycles. The highest BCUT2D eigenvalue weighted by molar-refractivity contribution is 7.98. The average molecular weight is 316 g/mol. The summed E-state index contributed by atoms with van der Waals surface area (Å²) in [5.41, 5.74) is 1.76. The molecular weight excluding hydrogens is 296 g/mol. The highest BCUT2D eigenvalue weighted by Crippen LogP contribution is 2.23. The van der Waals surface area contributed by atoms with Crippen molar-refractivity contribution < 1.29 is 9.53 Å². The maximum atomic E-state index is 12.3. The number of carbonyl (C=O) groups is 1. The number of rotatable bonds is 5. The van der Waals surface area contributed by atoms with Gasteiger partial charge in [-0.25, -0.2) is 4.79 Å². The predicted octanol–water partition coefficient (Wildman–Crippen LogP) is 4.08. The average Bonchev–Trinajstić information content (AvgIpc) is 2.56. The zero-order valence-corrected chi connectivity index (χ0v) is 13.8. The van der Waals surface area contributed by atoms with Crippen molar-refractivity contribution >= 4 is 23.5 Å². The minimum Gasteiger partial charge on any atom is -0.495 e. The van der Waals surface area contributed by atoms with Gasteiger partial charge in [-0.15, -0.1) is 11.8 Å². The Morgan fingerprint density at radius 2 is 1.86 bits per heavy atom. The number of methoxy groups -OCH3 is 1. The first kappa shape index (κ1) is 16.2. The van der Waals surface area contributed by atoms with Crippen LogP contribution in [0, 0.1) is 0 Å². The van der Waals surface area contributed by atoms with E-state index in [2.05, 4.69) is 17.4 Å². The molecule has 2 aromatic carbocycles. The van der Waals surface area contributed by atoms with Crippen LogP contribution in [0.25, 0.3) is 0 Å². The number of benzene rings is 2. The summed E-state index contributed by atoms with van der Waals surface area (Å²) in [5.74, 6) is 0.647. The first-order valence-corrected chi connectivity index (χ1v) is 8.14. The van der Waals surface area contributed by atoms with Crippen molar-refractivity contribution in [3.63, 3.8) is 0 Å². The molecule has 0 aromatic heterocycles. The Balaban J connectivity index is 1.99. The smallest absolute Gasteiger partial charge is 0.321 e. The number of anilines is 1. The lowest BCUT2D eigenvalue weighted by atomic mass is 10.2. The van der Waals surface area contributed by atoms with Crippen LogP contribution in [0.15, 0.2) is 53.4 Å². The second-order valence-electron chi connectivity index (χ2n) is 4.83. The second kappa shape index (κ2) is 7.75. The van der Waals surface area contributed by atoms with Crippen LogP contribution in [0.4, 0.5) is 10.5 Å². The molecule has 2 amide bonds. The Morgan fingerprint density at radius 3 is 2.50 bits per heavy atom. The van der Waals surface area contributed by atoms with Crippen LogP contribution in [0.3, 0.4) is 0 Å². The van der Waals surface area contributed by atoms with Crippen LogP contribution in [0.2, 0.25) is 0 Å². The molecule has 5 heteroatoms. The van der Waals surface area contributed by atoms with E-state index < -0.39 is 0 Å². The van der Waals surface area contributed by atoms with Crippen LogP contribution in [0.1, 0.15) is 5.56 Å². The molecule has 2 aromatic rings. The summed E-state index contributed by atoms with van der Waals surface area (Å²) in [7, 11) is 3.36. The van der Waals surface area contributed by atoms with Gasteiger partial charge in [0.1, 0.15) is 5.75 Å². The number of hydrogen-bond donors (Lipinski definition) is 1. The summed E-state index contributed by atoms with van der Waals surface area (Å²) in [6.45, 7) is 0.551. The van der Waals surface area contributed by atoms with Gasteiger partial charge in [0.2, 0.25) is 0 Å². The van der Waals surface area contributed by atoms with E-state index >= 15 is 0 Å². The van der Waals surface area contributed by atoms with Crippen molar-refractivity contribution in [3.8, 4) is 5.75 Å². The van der Waals surface area contributed by atoms with Gasteiger partial charge in [0.15, 0.2) is 0 Å². The normalized spacial score (nSPS) is 10.1. The standard InChI is InChI=1S/C17H20N2O2S/c1-19(12-13-8-10-14(22-3)11-9-13)17(20)18-15-6-4-5-7-16(15)21-2/h4-11H,12H2,1-3H3,(H,18,20). The number of amides is 2. The summed E-state index contributed by atoms with van der Waals surface area (Å²) < 4.78 is 5.23. The van der Waals surface area contributed by atoms with E-state index in [4.69, 9.17) is 4.74 Å². The number of para-hydroxylation sites is 2. The van der Waals surface area contributed by atoms with Crippen molar-refractivity contribution in [2.45, 2.75) is 11.4 Å². The van der Waals surface area contributed by atoms with Crippen LogP contribution < -0.4 is 10.1 Å². The Kier molecular flexibility index (Phi) is 5.72. The zero-order valence-electron chi connectivity index (χ0n) is 13.0. The monoisotopic (exact) mass is 316 g/mol. The van der Waals surface area contributed by atoms with Crippen molar-refractivity contribution in [3.05, 3.63) is 54.1 Å². The molecule has 0 unspecified atom stereocenters. The molecule has 0 spiro atoms. The fraction of sp³-hybridized carbons (Fsp3) is 0.235. The maximum absolute atomic E-state index is 12.3. The molecule has 2 rings (SSSR count). The SMILES string of the molecule is COc1ccccc1NC(=O)N(C)Cc1ccc(SC)cc1. The Hall–Kier alpha value is -2.14. The zero-order chi connectivity index (χ0) is 15.9. The van der Waals surface area contributed by atoms with Gasteiger partial charge in [-0.05, 0) is 36.1 Å². The van der Waals surface area contributed by atoms with Gasteiger partial charge in [-0.2, -0.15) is 0 Å². The molecule has 0 saturated carbocycles. The first-order chi connectivity index (χ1) is 10.6. The third kappa shape index (κ3) is 4.18. The summed E-state index contributed by atoms with van der Waals surface area (Å²) in [5, 5.41) is 2.86. The number of nitrogens with one attached hydrogen (secondary N) is 1. The van der Waals surface area contributed by atoms with E-state index in [9.17, 15) is 4.79 Å². The molecule has 22 heavy (non-hydrogen) atoms. The Bertz CT molecular complexity index is 629. The molecule has 0 saturated heterocycles. The molecule has 1 N–H and O–H groups in total. The van der Waals surface area contributed by atoms with E-state index in [0.717, 1.165) is 5.56 Å². The molecule has 0 fully saturated rings. The molecule has 0 radical (unpaired) electrons. The van der Waals surface area contributed by atoms with Crippen LogP contribution in [0.5, 0.6) is 5.75 Å². The van der Waals surface area contributed by atoms with E-state index in [1.165, 1.54) is 4.90 Å². The van der Waals surface area contributed by atoms with Crippen molar-refractivity contribution in [1.29, 1.82) is 0 Å². The van der Waals surface area contributed by atoms with Crippen molar-refractivity contribution in [2.75, 3.05) is 25.7 Å². The van der Waals surface area contributed by atoms with E-state index in [1.54, 1.807) is 30.8 Å². The van der Waals surface area contributed by atoms with E-state index in [0.29, 0.717) is 18.0 Å². The number of nitrogens with zero attached hydrogens (tertiary/aromatic N) is 1. The number of thioether (sulfide) groups is 1. The number of hydrogen-bond acceptors (Lipinski definition) is 3. The number of carbonyl (C=O) groups excluding carboxylic acids is 1. The van der Waals surface area contributed by atoms with Crippen LogP contribution in [-0.2, 0) is 6.54 Å². The van der Waals surface area contributed by atoms with Crippen molar-refractivity contribution in [2.24, 2.45) is 0 Å². The topological polar surface area (TPSA) is 41.6 Å². The van der Waals surface area contributed by atoms with E-state index in [-0.39, 0.29) is 6.03 Å². The highest BCUT2D eigenvalue weighted by Gasteiger charge is 2.11. The lowest BCUT2D eigenvalue weighted by Gasteiger charge is -2.19. The summed E-state index contributed by atoms with van der Waals surface area (Å²) in [6.07, 6.45) is 2.04. The Labute approximate surface area is 135 Å². The van der Waals surface area contributed by atoms with E-state index in [1.807, 2.05) is 42.7 Å². The van der Waals surface area contributed by atoms with Crippen LogP contribution >= 0.6 is 11.8 Å². The van der Waals surface area contributed by atoms with Gasteiger partial charge in [0.05, 0.1) is 12.8 Å². The second-order valence-corrected chi connectivity index (χ2v) is 5.71. The van der Waals surface area contributed by atoms with Gasteiger partial charge < -0.3 is 15.0 Å². The molecule has 0 atom stereocenters. The largest absolute Gasteiger partial charge is 0.495 e. The fourth-order valence-corrected chi connectivity index (χ4v) is 2.44.